The topological polar surface area (TPSA) is 57.7 Å². The van der Waals surface area contributed by atoms with Gasteiger partial charge in [0.15, 0.2) is 0 Å². The van der Waals surface area contributed by atoms with Crippen molar-refractivity contribution in [3.63, 3.8) is 0 Å². The van der Waals surface area contributed by atoms with Crippen molar-refractivity contribution in [2.75, 3.05) is 0 Å². The van der Waals surface area contributed by atoms with Crippen LogP contribution < -0.4 is 0 Å². The normalized spacial score (nSPS) is 18.1. The maximum Gasteiger partial charge on any atom is 0.335 e. The fraction of sp³-hybridized carbons (Fsp3) is 0.107. The SMILES string of the molecule is CC1(c2ccccc2)C(=O)N(C(=O)c2cccc3ccccc23)C(=O)N1Cc1cccc(Cl)c1. The highest BCUT2D eigenvalue weighted by Crippen LogP contribution is 2.39. The monoisotopic (exact) mass is 468 g/mol. The first-order valence-electron chi connectivity index (χ1n) is 10.9. The van der Waals surface area contributed by atoms with Gasteiger partial charge in [0.1, 0.15) is 5.54 Å². The maximum atomic E-state index is 13.9. The zero-order valence-corrected chi connectivity index (χ0v) is 19.2. The van der Waals surface area contributed by atoms with Gasteiger partial charge in [-0.15, -0.1) is 0 Å². The summed E-state index contributed by atoms with van der Waals surface area (Å²) in [7, 11) is 0. The summed E-state index contributed by atoms with van der Waals surface area (Å²) in [5.74, 6) is -1.22. The van der Waals surface area contributed by atoms with Crippen LogP contribution in [-0.2, 0) is 16.9 Å². The molecule has 34 heavy (non-hydrogen) atoms. The number of carbonyl (C=O) groups is 3. The Morgan fingerprint density at radius 1 is 0.853 bits per heavy atom. The summed E-state index contributed by atoms with van der Waals surface area (Å²) in [6.07, 6.45) is 0. The number of hydrogen-bond acceptors (Lipinski definition) is 3. The van der Waals surface area contributed by atoms with Crippen LogP contribution in [0.5, 0.6) is 0 Å². The summed E-state index contributed by atoms with van der Waals surface area (Å²) in [5.41, 5.74) is 0.333. The quantitative estimate of drug-likeness (QED) is 0.272. The average molecular weight is 469 g/mol. The smallest absolute Gasteiger partial charge is 0.301 e. The predicted octanol–water partition coefficient (Wildman–Crippen LogP) is 6.01. The maximum absolute atomic E-state index is 13.9. The van der Waals surface area contributed by atoms with E-state index in [9.17, 15) is 14.4 Å². The second kappa shape index (κ2) is 8.43. The number of imide groups is 3. The van der Waals surface area contributed by atoms with Crippen LogP contribution in [-0.4, -0.2) is 27.6 Å². The number of fused-ring (bicyclic) bond motifs is 1. The van der Waals surface area contributed by atoms with Crippen molar-refractivity contribution in [3.8, 4) is 0 Å². The van der Waals surface area contributed by atoms with Crippen LogP contribution in [0.2, 0.25) is 5.02 Å². The Hall–Kier alpha value is -3.96. The summed E-state index contributed by atoms with van der Waals surface area (Å²) in [6.45, 7) is 1.80. The lowest BCUT2D eigenvalue weighted by molar-refractivity contribution is -0.131. The van der Waals surface area contributed by atoms with Gasteiger partial charge in [0.2, 0.25) is 0 Å². The Balaban J connectivity index is 1.62. The number of urea groups is 1. The van der Waals surface area contributed by atoms with Crippen molar-refractivity contribution in [1.29, 1.82) is 0 Å². The van der Waals surface area contributed by atoms with Gasteiger partial charge < -0.3 is 4.90 Å². The molecule has 0 bridgehead atoms. The first-order valence-corrected chi connectivity index (χ1v) is 11.3. The van der Waals surface area contributed by atoms with Gasteiger partial charge >= 0.3 is 6.03 Å². The molecule has 1 atom stereocenters. The van der Waals surface area contributed by atoms with Crippen LogP contribution in [0.4, 0.5) is 4.79 Å². The third kappa shape index (κ3) is 3.45. The van der Waals surface area contributed by atoms with Crippen LogP contribution in [0.1, 0.15) is 28.4 Å². The number of halogens is 1. The second-order valence-electron chi connectivity index (χ2n) is 8.41. The fourth-order valence-corrected chi connectivity index (χ4v) is 4.74. The molecule has 0 N–H and O–H groups in total. The number of benzene rings is 4. The van der Waals surface area contributed by atoms with Gasteiger partial charge in [0, 0.05) is 17.1 Å². The summed E-state index contributed by atoms with van der Waals surface area (Å²) in [5, 5.41) is 2.07. The van der Waals surface area contributed by atoms with E-state index in [4.69, 9.17) is 11.6 Å². The molecule has 1 aliphatic heterocycles. The number of carbonyl (C=O) groups excluding carboxylic acids is 3. The molecule has 5 nitrogen and oxygen atoms in total. The Labute approximate surface area is 202 Å². The Morgan fingerprint density at radius 2 is 1.53 bits per heavy atom. The third-order valence-corrected chi connectivity index (χ3v) is 6.61. The van der Waals surface area contributed by atoms with Crippen molar-refractivity contribution in [3.05, 3.63) is 119 Å². The Morgan fingerprint density at radius 3 is 2.29 bits per heavy atom. The highest BCUT2D eigenvalue weighted by Gasteiger charge is 2.57. The lowest BCUT2D eigenvalue weighted by Crippen LogP contribution is -2.44. The predicted molar refractivity (Wildman–Crippen MR) is 131 cm³/mol. The lowest BCUT2D eigenvalue weighted by Gasteiger charge is -2.32. The lowest BCUT2D eigenvalue weighted by atomic mass is 9.90. The van der Waals surface area contributed by atoms with Crippen molar-refractivity contribution in [2.24, 2.45) is 0 Å². The molecule has 0 aliphatic carbocycles. The van der Waals surface area contributed by atoms with Crippen LogP contribution in [0.3, 0.4) is 0 Å². The van der Waals surface area contributed by atoms with E-state index in [1.807, 2.05) is 54.6 Å². The number of rotatable bonds is 4. The summed E-state index contributed by atoms with van der Waals surface area (Å²) >= 11 is 6.16. The molecular formula is C28H21ClN2O3. The Kier molecular flexibility index (Phi) is 5.42. The van der Waals surface area contributed by atoms with E-state index in [0.717, 1.165) is 15.8 Å². The van der Waals surface area contributed by atoms with E-state index >= 15 is 0 Å². The zero-order valence-electron chi connectivity index (χ0n) is 18.4. The summed E-state index contributed by atoms with van der Waals surface area (Å²) < 4.78 is 0. The minimum absolute atomic E-state index is 0.121. The standard InChI is InChI=1S/C28H21ClN2O3/c1-28(21-12-3-2-4-13-21)26(33)31(27(34)30(28)18-19-9-7-14-22(29)17-19)25(32)24-16-8-11-20-10-5-6-15-23(20)24/h2-17H,18H2,1H3. The number of nitrogens with zero attached hydrogens (tertiary/aromatic N) is 2. The van der Waals surface area contributed by atoms with Gasteiger partial charge in [-0.05, 0) is 47.0 Å². The fourth-order valence-electron chi connectivity index (χ4n) is 4.53. The first-order chi connectivity index (χ1) is 16.4. The van der Waals surface area contributed by atoms with Crippen molar-refractivity contribution in [1.82, 2.24) is 9.80 Å². The first kappa shape index (κ1) is 21.9. The van der Waals surface area contributed by atoms with Crippen LogP contribution >= 0.6 is 11.6 Å². The van der Waals surface area contributed by atoms with Crippen LogP contribution in [0.15, 0.2) is 97.1 Å². The van der Waals surface area contributed by atoms with Crippen molar-refractivity contribution >= 4 is 40.2 Å². The number of hydrogen-bond donors (Lipinski definition) is 0. The molecule has 0 spiro atoms. The molecular weight excluding hydrogens is 448 g/mol. The molecule has 168 valence electrons. The molecule has 4 amide bonds. The van der Waals surface area contributed by atoms with Gasteiger partial charge in [-0.3, -0.25) is 9.59 Å². The van der Waals surface area contributed by atoms with Crippen LogP contribution in [0, 0.1) is 0 Å². The molecule has 1 fully saturated rings. The van der Waals surface area contributed by atoms with Crippen molar-refractivity contribution < 1.29 is 14.4 Å². The van der Waals surface area contributed by atoms with Gasteiger partial charge in [0.25, 0.3) is 11.8 Å². The zero-order chi connectivity index (χ0) is 23.9. The molecule has 4 aromatic rings. The third-order valence-electron chi connectivity index (χ3n) is 6.37. The minimum atomic E-state index is -1.36. The molecule has 0 saturated carbocycles. The minimum Gasteiger partial charge on any atom is -0.301 e. The van der Waals surface area contributed by atoms with E-state index in [1.165, 1.54) is 4.90 Å². The largest absolute Gasteiger partial charge is 0.335 e. The highest BCUT2D eigenvalue weighted by atomic mass is 35.5. The molecule has 1 unspecified atom stereocenters. The van der Waals surface area contributed by atoms with Gasteiger partial charge in [-0.25, -0.2) is 4.79 Å². The number of amides is 4. The van der Waals surface area contributed by atoms with Gasteiger partial charge in [0.05, 0.1) is 0 Å². The molecule has 1 aliphatic rings. The van der Waals surface area contributed by atoms with Gasteiger partial charge in [-0.1, -0.05) is 90.5 Å². The molecule has 1 heterocycles. The van der Waals surface area contributed by atoms with Gasteiger partial charge in [-0.2, -0.15) is 4.90 Å². The van der Waals surface area contributed by atoms with Crippen molar-refractivity contribution in [2.45, 2.75) is 19.0 Å². The van der Waals surface area contributed by atoms with E-state index in [1.54, 1.807) is 49.4 Å². The van der Waals surface area contributed by atoms with E-state index in [2.05, 4.69) is 0 Å². The molecule has 0 radical (unpaired) electrons. The molecule has 5 rings (SSSR count). The highest BCUT2D eigenvalue weighted by molar-refractivity contribution is 6.30. The van der Waals surface area contributed by atoms with E-state index in [0.29, 0.717) is 21.5 Å². The summed E-state index contributed by atoms with van der Waals surface area (Å²) in [6, 6.07) is 28.2. The van der Waals surface area contributed by atoms with Crippen LogP contribution in [0.25, 0.3) is 10.8 Å². The molecule has 4 aromatic carbocycles. The molecule has 0 aromatic heterocycles. The average Bonchev–Trinajstić information content (AvgIpc) is 3.05. The van der Waals surface area contributed by atoms with E-state index in [-0.39, 0.29) is 6.54 Å². The summed E-state index contributed by atoms with van der Waals surface area (Å²) in [4.78, 5) is 43.5. The molecule has 6 heteroatoms. The molecule has 1 saturated heterocycles. The van der Waals surface area contributed by atoms with E-state index < -0.39 is 23.4 Å². The second-order valence-corrected chi connectivity index (χ2v) is 8.85. The Bertz CT molecular complexity index is 1430.